The Bertz CT molecular complexity index is 1030. The summed E-state index contributed by atoms with van der Waals surface area (Å²) in [5.74, 6) is -0.865. The van der Waals surface area contributed by atoms with Crippen LogP contribution in [0.25, 0.3) is 16.9 Å². The first kappa shape index (κ1) is 19.2. The highest BCUT2D eigenvalue weighted by Crippen LogP contribution is 2.25. The molecule has 28 heavy (non-hydrogen) atoms. The lowest BCUT2D eigenvalue weighted by Crippen LogP contribution is -2.33. The zero-order valence-corrected chi connectivity index (χ0v) is 15.4. The Morgan fingerprint density at radius 1 is 1.25 bits per heavy atom. The third-order valence-electron chi connectivity index (χ3n) is 4.37. The quantitative estimate of drug-likeness (QED) is 0.513. The number of aromatic nitrogens is 2. The van der Waals surface area contributed by atoms with Crippen LogP contribution in [0.1, 0.15) is 30.8 Å². The minimum absolute atomic E-state index is 0.0714. The number of nitrogens with zero attached hydrogens (tertiary/aromatic N) is 3. The van der Waals surface area contributed by atoms with E-state index in [0.717, 1.165) is 6.42 Å². The van der Waals surface area contributed by atoms with Crippen molar-refractivity contribution in [2.24, 2.45) is 0 Å². The molecule has 144 valence electrons. The molecular formula is C20H19FN4O3. The van der Waals surface area contributed by atoms with Crippen molar-refractivity contribution >= 4 is 11.6 Å². The summed E-state index contributed by atoms with van der Waals surface area (Å²) < 4.78 is 15.5. The molecule has 0 fully saturated rings. The maximum Gasteiger partial charge on any atom is 0.271 e. The lowest BCUT2D eigenvalue weighted by Gasteiger charge is -2.12. The second-order valence-corrected chi connectivity index (χ2v) is 6.37. The number of halogens is 1. The molecule has 0 aliphatic heterocycles. The van der Waals surface area contributed by atoms with Gasteiger partial charge >= 0.3 is 0 Å². The van der Waals surface area contributed by atoms with Crippen LogP contribution in [0.5, 0.6) is 0 Å². The summed E-state index contributed by atoms with van der Waals surface area (Å²) in [5, 5.41) is 18.3. The fourth-order valence-corrected chi connectivity index (χ4v) is 2.68. The van der Waals surface area contributed by atoms with Gasteiger partial charge in [0.25, 0.3) is 11.6 Å². The Kier molecular flexibility index (Phi) is 5.49. The van der Waals surface area contributed by atoms with E-state index in [0.29, 0.717) is 5.69 Å². The SMILES string of the molecule is CC[C@@H](C)NC(=O)c1cc(-c2ccccc2F)nn1-c1cccc([N+](=O)[O-])c1. The molecule has 1 N–H and O–H groups in total. The molecule has 0 saturated carbocycles. The molecule has 0 aliphatic rings. The number of hydrogen-bond donors (Lipinski definition) is 1. The summed E-state index contributed by atoms with van der Waals surface area (Å²) in [6.07, 6.45) is 0.733. The summed E-state index contributed by atoms with van der Waals surface area (Å²) in [6, 6.07) is 13.3. The molecule has 8 heteroatoms. The van der Waals surface area contributed by atoms with Crippen molar-refractivity contribution in [1.29, 1.82) is 0 Å². The van der Waals surface area contributed by atoms with E-state index in [2.05, 4.69) is 10.4 Å². The van der Waals surface area contributed by atoms with Crippen molar-refractivity contribution in [1.82, 2.24) is 15.1 Å². The fraction of sp³-hybridized carbons (Fsp3) is 0.200. The first-order valence-corrected chi connectivity index (χ1v) is 8.81. The molecule has 3 aromatic rings. The molecule has 2 aromatic carbocycles. The Balaban J connectivity index is 2.14. The topological polar surface area (TPSA) is 90.1 Å². The average molecular weight is 382 g/mol. The van der Waals surface area contributed by atoms with Crippen LogP contribution in [0.4, 0.5) is 10.1 Å². The zero-order chi connectivity index (χ0) is 20.3. The number of nitro groups is 1. The van der Waals surface area contributed by atoms with E-state index in [9.17, 15) is 19.3 Å². The maximum absolute atomic E-state index is 14.2. The summed E-state index contributed by atoms with van der Waals surface area (Å²) in [6.45, 7) is 3.80. The molecule has 3 rings (SSSR count). The summed E-state index contributed by atoms with van der Waals surface area (Å²) in [4.78, 5) is 23.3. The Hall–Kier alpha value is -3.55. The van der Waals surface area contributed by atoms with Crippen LogP contribution in [0.15, 0.2) is 54.6 Å². The minimum Gasteiger partial charge on any atom is -0.348 e. The highest BCUT2D eigenvalue weighted by atomic mass is 19.1. The van der Waals surface area contributed by atoms with Crippen LogP contribution in [-0.2, 0) is 0 Å². The molecule has 0 aliphatic carbocycles. The molecule has 0 spiro atoms. The number of non-ortho nitro benzene ring substituents is 1. The monoisotopic (exact) mass is 382 g/mol. The molecule has 1 aromatic heterocycles. The van der Waals surface area contributed by atoms with Gasteiger partial charge in [0.15, 0.2) is 0 Å². The van der Waals surface area contributed by atoms with Crippen LogP contribution in [0.2, 0.25) is 0 Å². The van der Waals surface area contributed by atoms with E-state index in [1.54, 1.807) is 24.3 Å². The van der Waals surface area contributed by atoms with Gasteiger partial charge in [-0.1, -0.05) is 25.1 Å². The standard InChI is InChI=1S/C20H19FN4O3/c1-3-13(2)22-20(26)19-12-18(16-9-4-5-10-17(16)21)23-24(19)14-7-6-8-15(11-14)25(27)28/h4-13H,3H2,1-2H3,(H,22,26)/t13-/m1/s1. The summed E-state index contributed by atoms with van der Waals surface area (Å²) in [5.41, 5.74) is 0.877. The van der Waals surface area contributed by atoms with Crippen molar-refractivity contribution in [2.45, 2.75) is 26.3 Å². The van der Waals surface area contributed by atoms with Gasteiger partial charge in [-0.25, -0.2) is 9.07 Å². The highest BCUT2D eigenvalue weighted by molar-refractivity contribution is 5.94. The van der Waals surface area contributed by atoms with Gasteiger partial charge in [0.1, 0.15) is 11.5 Å². The van der Waals surface area contributed by atoms with Gasteiger partial charge in [-0.2, -0.15) is 5.10 Å². The van der Waals surface area contributed by atoms with E-state index in [4.69, 9.17) is 0 Å². The largest absolute Gasteiger partial charge is 0.348 e. The van der Waals surface area contributed by atoms with E-state index in [1.165, 1.54) is 35.0 Å². The highest BCUT2D eigenvalue weighted by Gasteiger charge is 2.21. The minimum atomic E-state index is -0.524. The van der Waals surface area contributed by atoms with Crippen LogP contribution in [-0.4, -0.2) is 26.7 Å². The number of rotatable bonds is 6. The van der Waals surface area contributed by atoms with Crippen molar-refractivity contribution in [3.05, 3.63) is 76.2 Å². The van der Waals surface area contributed by atoms with Crippen LogP contribution < -0.4 is 5.32 Å². The average Bonchev–Trinajstić information content (AvgIpc) is 3.13. The van der Waals surface area contributed by atoms with Gasteiger partial charge < -0.3 is 5.32 Å². The van der Waals surface area contributed by atoms with Gasteiger partial charge in [-0.15, -0.1) is 0 Å². The van der Waals surface area contributed by atoms with Crippen LogP contribution >= 0.6 is 0 Å². The number of carbonyl (C=O) groups excluding carboxylic acids is 1. The van der Waals surface area contributed by atoms with Gasteiger partial charge in [0, 0.05) is 23.7 Å². The third kappa shape index (κ3) is 3.90. The van der Waals surface area contributed by atoms with E-state index < -0.39 is 16.6 Å². The summed E-state index contributed by atoms with van der Waals surface area (Å²) >= 11 is 0. The van der Waals surface area contributed by atoms with Gasteiger partial charge in [-0.3, -0.25) is 14.9 Å². The van der Waals surface area contributed by atoms with Gasteiger partial charge in [0.05, 0.1) is 16.3 Å². The molecular weight excluding hydrogens is 363 g/mol. The molecule has 1 heterocycles. The number of amides is 1. The number of nitro benzene ring substituents is 1. The Morgan fingerprint density at radius 3 is 2.68 bits per heavy atom. The van der Waals surface area contributed by atoms with Crippen molar-refractivity contribution < 1.29 is 14.1 Å². The van der Waals surface area contributed by atoms with Crippen molar-refractivity contribution in [3.63, 3.8) is 0 Å². The van der Waals surface area contributed by atoms with E-state index in [-0.39, 0.29) is 28.7 Å². The zero-order valence-electron chi connectivity index (χ0n) is 15.4. The second kappa shape index (κ2) is 7.99. The summed E-state index contributed by atoms with van der Waals surface area (Å²) in [7, 11) is 0. The predicted molar refractivity (Wildman–Crippen MR) is 103 cm³/mol. The van der Waals surface area contributed by atoms with Gasteiger partial charge in [-0.05, 0) is 37.6 Å². The Labute approximate surface area is 161 Å². The molecule has 0 bridgehead atoms. The van der Waals surface area contributed by atoms with Gasteiger partial charge in [0.2, 0.25) is 0 Å². The normalized spacial score (nSPS) is 11.8. The predicted octanol–water partition coefficient (Wildman–Crippen LogP) is 4.11. The number of hydrogen-bond acceptors (Lipinski definition) is 4. The van der Waals surface area contributed by atoms with E-state index >= 15 is 0 Å². The molecule has 0 radical (unpaired) electrons. The first-order valence-electron chi connectivity index (χ1n) is 8.81. The molecule has 1 amide bonds. The van der Waals surface area contributed by atoms with E-state index in [1.807, 2.05) is 13.8 Å². The molecule has 7 nitrogen and oxygen atoms in total. The smallest absolute Gasteiger partial charge is 0.271 e. The fourth-order valence-electron chi connectivity index (χ4n) is 2.68. The first-order chi connectivity index (χ1) is 13.4. The number of nitrogens with one attached hydrogen (secondary N) is 1. The third-order valence-corrected chi connectivity index (χ3v) is 4.37. The molecule has 0 unspecified atom stereocenters. The molecule has 0 saturated heterocycles. The van der Waals surface area contributed by atoms with Crippen LogP contribution in [0.3, 0.4) is 0 Å². The number of benzene rings is 2. The van der Waals surface area contributed by atoms with Crippen molar-refractivity contribution in [3.8, 4) is 16.9 Å². The lowest BCUT2D eigenvalue weighted by molar-refractivity contribution is -0.384. The second-order valence-electron chi connectivity index (χ2n) is 6.37. The maximum atomic E-state index is 14.2. The Morgan fingerprint density at radius 2 is 2.00 bits per heavy atom. The molecule has 1 atom stereocenters. The number of carbonyl (C=O) groups is 1. The lowest BCUT2D eigenvalue weighted by atomic mass is 10.1. The van der Waals surface area contributed by atoms with Crippen molar-refractivity contribution in [2.75, 3.05) is 0 Å². The van der Waals surface area contributed by atoms with Crippen LogP contribution in [0, 0.1) is 15.9 Å².